The standard InChI is InChI=1S/C20H23ClN2O3S/c1-15-13-18(21)7-8-19(15)27(25,26)23-11-9-17(10-12-23)20(24)22-14-16-5-3-2-4-6-16/h2-8,13,17H,9-12,14H2,1H3,(H,22,24). The third-order valence-electron chi connectivity index (χ3n) is 4.89. The number of carbonyl (C=O) groups is 1. The van der Waals surface area contributed by atoms with E-state index in [0.29, 0.717) is 43.1 Å². The molecular weight excluding hydrogens is 384 g/mol. The van der Waals surface area contributed by atoms with Crippen molar-refractivity contribution in [1.82, 2.24) is 9.62 Å². The van der Waals surface area contributed by atoms with E-state index in [9.17, 15) is 13.2 Å². The first kappa shape index (κ1) is 19.9. The molecule has 1 saturated heterocycles. The Morgan fingerprint density at radius 3 is 2.44 bits per heavy atom. The molecule has 1 N–H and O–H groups in total. The first-order chi connectivity index (χ1) is 12.9. The summed E-state index contributed by atoms with van der Waals surface area (Å²) in [7, 11) is -3.57. The highest BCUT2D eigenvalue weighted by atomic mass is 35.5. The highest BCUT2D eigenvalue weighted by Gasteiger charge is 2.32. The molecule has 1 fully saturated rings. The molecule has 3 rings (SSSR count). The van der Waals surface area contributed by atoms with Crippen LogP contribution in [0.15, 0.2) is 53.4 Å². The smallest absolute Gasteiger partial charge is 0.243 e. The minimum atomic E-state index is -3.57. The SMILES string of the molecule is Cc1cc(Cl)ccc1S(=O)(=O)N1CCC(C(=O)NCc2ccccc2)CC1. The van der Waals surface area contributed by atoms with E-state index >= 15 is 0 Å². The number of rotatable bonds is 5. The highest BCUT2D eigenvalue weighted by molar-refractivity contribution is 7.89. The third kappa shape index (κ3) is 4.69. The lowest BCUT2D eigenvalue weighted by molar-refractivity contribution is -0.126. The molecular formula is C20H23ClN2O3S. The van der Waals surface area contributed by atoms with E-state index in [0.717, 1.165) is 5.56 Å². The zero-order chi connectivity index (χ0) is 19.4. The van der Waals surface area contributed by atoms with E-state index < -0.39 is 10.0 Å². The van der Waals surface area contributed by atoms with E-state index in [1.807, 2.05) is 30.3 Å². The van der Waals surface area contributed by atoms with E-state index in [1.165, 1.54) is 4.31 Å². The molecule has 2 aromatic rings. The molecule has 1 aliphatic rings. The minimum Gasteiger partial charge on any atom is -0.352 e. The number of carbonyl (C=O) groups excluding carboxylic acids is 1. The lowest BCUT2D eigenvalue weighted by Crippen LogP contribution is -2.43. The Hall–Kier alpha value is -1.89. The van der Waals surface area contributed by atoms with Gasteiger partial charge in [0.05, 0.1) is 4.90 Å². The maximum atomic E-state index is 12.9. The predicted octanol–water partition coefficient (Wildman–Crippen LogP) is 3.37. The van der Waals surface area contributed by atoms with Gasteiger partial charge in [0.2, 0.25) is 15.9 Å². The Balaban J connectivity index is 1.58. The number of benzene rings is 2. The van der Waals surface area contributed by atoms with Gasteiger partial charge in [-0.15, -0.1) is 0 Å². The van der Waals surface area contributed by atoms with Gasteiger partial charge in [0, 0.05) is 30.6 Å². The van der Waals surface area contributed by atoms with Crippen LogP contribution in [0.25, 0.3) is 0 Å². The van der Waals surface area contributed by atoms with Crippen molar-refractivity contribution in [3.63, 3.8) is 0 Å². The first-order valence-electron chi connectivity index (χ1n) is 8.96. The molecule has 0 bridgehead atoms. The monoisotopic (exact) mass is 406 g/mol. The van der Waals surface area contributed by atoms with Gasteiger partial charge >= 0.3 is 0 Å². The summed E-state index contributed by atoms with van der Waals surface area (Å²) < 4.78 is 27.2. The second-order valence-corrected chi connectivity index (χ2v) is 9.13. The fourth-order valence-electron chi connectivity index (χ4n) is 3.33. The summed E-state index contributed by atoms with van der Waals surface area (Å²) in [4.78, 5) is 12.7. The molecule has 27 heavy (non-hydrogen) atoms. The van der Waals surface area contributed by atoms with Crippen molar-refractivity contribution in [3.8, 4) is 0 Å². The number of nitrogens with one attached hydrogen (secondary N) is 1. The van der Waals surface area contributed by atoms with Crippen LogP contribution < -0.4 is 5.32 Å². The number of sulfonamides is 1. The van der Waals surface area contributed by atoms with Crippen LogP contribution in [-0.2, 0) is 21.4 Å². The van der Waals surface area contributed by atoms with Gasteiger partial charge in [-0.3, -0.25) is 4.79 Å². The Labute approximate surface area is 165 Å². The molecule has 0 spiro atoms. The topological polar surface area (TPSA) is 66.5 Å². The van der Waals surface area contributed by atoms with Crippen LogP contribution >= 0.6 is 11.6 Å². The van der Waals surface area contributed by atoms with Crippen molar-refractivity contribution in [2.75, 3.05) is 13.1 Å². The summed E-state index contributed by atoms with van der Waals surface area (Å²) in [5.41, 5.74) is 1.68. The van der Waals surface area contributed by atoms with Crippen molar-refractivity contribution in [3.05, 3.63) is 64.7 Å². The van der Waals surface area contributed by atoms with Gasteiger partial charge in [0.25, 0.3) is 0 Å². The summed E-state index contributed by atoms with van der Waals surface area (Å²) in [6, 6.07) is 14.5. The van der Waals surface area contributed by atoms with Gasteiger partial charge in [0.1, 0.15) is 0 Å². The van der Waals surface area contributed by atoms with Crippen LogP contribution in [0.3, 0.4) is 0 Å². The summed E-state index contributed by atoms with van der Waals surface area (Å²) >= 11 is 5.93. The zero-order valence-electron chi connectivity index (χ0n) is 15.2. The van der Waals surface area contributed by atoms with Gasteiger partial charge in [-0.2, -0.15) is 4.31 Å². The first-order valence-corrected chi connectivity index (χ1v) is 10.8. The van der Waals surface area contributed by atoms with Crippen molar-refractivity contribution in [2.24, 2.45) is 5.92 Å². The number of hydrogen-bond acceptors (Lipinski definition) is 3. The molecule has 144 valence electrons. The number of amides is 1. The maximum Gasteiger partial charge on any atom is 0.243 e. The van der Waals surface area contributed by atoms with Crippen molar-refractivity contribution in [2.45, 2.75) is 31.2 Å². The Morgan fingerprint density at radius 1 is 1.15 bits per heavy atom. The number of aryl methyl sites for hydroxylation is 1. The van der Waals surface area contributed by atoms with Gasteiger partial charge in [-0.05, 0) is 49.1 Å². The quantitative estimate of drug-likeness (QED) is 0.827. The minimum absolute atomic E-state index is 0.0152. The van der Waals surface area contributed by atoms with E-state index in [-0.39, 0.29) is 16.7 Å². The van der Waals surface area contributed by atoms with Crippen LogP contribution in [0, 0.1) is 12.8 Å². The molecule has 0 unspecified atom stereocenters. The van der Waals surface area contributed by atoms with Crippen LogP contribution in [0.2, 0.25) is 5.02 Å². The Morgan fingerprint density at radius 2 is 1.81 bits per heavy atom. The fourth-order valence-corrected chi connectivity index (χ4v) is 5.23. The van der Waals surface area contributed by atoms with E-state index in [4.69, 9.17) is 11.6 Å². The predicted molar refractivity (Wildman–Crippen MR) is 106 cm³/mol. The van der Waals surface area contributed by atoms with Crippen molar-refractivity contribution >= 4 is 27.5 Å². The second kappa shape index (κ2) is 8.42. The molecule has 1 heterocycles. The molecule has 2 aromatic carbocycles. The van der Waals surface area contributed by atoms with Crippen LogP contribution in [0.4, 0.5) is 0 Å². The molecule has 7 heteroatoms. The largest absolute Gasteiger partial charge is 0.352 e. The summed E-state index contributed by atoms with van der Waals surface area (Å²) in [5.74, 6) is -0.176. The molecule has 1 aliphatic heterocycles. The number of hydrogen-bond donors (Lipinski definition) is 1. The summed E-state index contributed by atoms with van der Waals surface area (Å²) in [6.07, 6.45) is 1.04. The fraction of sp³-hybridized carbons (Fsp3) is 0.350. The van der Waals surface area contributed by atoms with Gasteiger partial charge < -0.3 is 5.32 Å². The second-order valence-electron chi connectivity index (χ2n) is 6.79. The molecule has 5 nitrogen and oxygen atoms in total. The lowest BCUT2D eigenvalue weighted by atomic mass is 9.97. The normalized spacial score (nSPS) is 16.2. The number of piperidine rings is 1. The average Bonchev–Trinajstić information content (AvgIpc) is 2.66. The molecule has 0 aliphatic carbocycles. The Kier molecular flexibility index (Phi) is 6.19. The van der Waals surface area contributed by atoms with Gasteiger partial charge in [0.15, 0.2) is 0 Å². The Bertz CT molecular complexity index is 908. The third-order valence-corrected chi connectivity index (χ3v) is 7.18. The van der Waals surface area contributed by atoms with Crippen molar-refractivity contribution < 1.29 is 13.2 Å². The zero-order valence-corrected chi connectivity index (χ0v) is 16.8. The van der Waals surface area contributed by atoms with E-state index in [1.54, 1.807) is 25.1 Å². The molecule has 0 atom stereocenters. The molecule has 0 radical (unpaired) electrons. The lowest BCUT2D eigenvalue weighted by Gasteiger charge is -2.31. The molecule has 1 amide bonds. The number of nitrogens with zero attached hydrogens (tertiary/aromatic N) is 1. The van der Waals surface area contributed by atoms with Crippen LogP contribution in [-0.4, -0.2) is 31.7 Å². The maximum absolute atomic E-state index is 12.9. The average molecular weight is 407 g/mol. The molecule has 0 saturated carbocycles. The number of halogens is 1. The van der Waals surface area contributed by atoms with Crippen LogP contribution in [0.1, 0.15) is 24.0 Å². The highest BCUT2D eigenvalue weighted by Crippen LogP contribution is 2.27. The van der Waals surface area contributed by atoms with Gasteiger partial charge in [-0.1, -0.05) is 41.9 Å². The van der Waals surface area contributed by atoms with Gasteiger partial charge in [-0.25, -0.2) is 8.42 Å². The van der Waals surface area contributed by atoms with Crippen LogP contribution in [0.5, 0.6) is 0 Å². The van der Waals surface area contributed by atoms with E-state index in [2.05, 4.69) is 5.32 Å². The van der Waals surface area contributed by atoms with Crippen molar-refractivity contribution in [1.29, 1.82) is 0 Å². The summed E-state index contributed by atoms with van der Waals surface area (Å²) in [6.45, 7) is 2.91. The summed E-state index contributed by atoms with van der Waals surface area (Å²) in [5, 5.41) is 3.46. The molecule has 0 aromatic heterocycles.